The van der Waals surface area contributed by atoms with Crippen LogP contribution in [0.15, 0.2) is 4.52 Å². The number of hydrogen-bond acceptors (Lipinski definition) is 5. The number of piperidine rings is 1. The van der Waals surface area contributed by atoms with Crippen LogP contribution in [-0.4, -0.2) is 29.5 Å². The summed E-state index contributed by atoms with van der Waals surface area (Å²) in [6.45, 7) is 3.41. The number of nitrogens with one attached hydrogen (secondary N) is 1. The van der Waals surface area contributed by atoms with Crippen LogP contribution in [0.3, 0.4) is 0 Å². The summed E-state index contributed by atoms with van der Waals surface area (Å²) in [5.41, 5.74) is -0.0329. The van der Waals surface area contributed by atoms with Gasteiger partial charge in [0.2, 0.25) is 5.89 Å². The number of rotatable bonds is 4. The molecule has 1 aromatic rings. The molecule has 0 radical (unpaired) electrons. The Morgan fingerprint density at radius 3 is 2.85 bits per heavy atom. The van der Waals surface area contributed by atoms with Crippen molar-refractivity contribution >= 4 is 0 Å². The lowest BCUT2D eigenvalue weighted by Crippen LogP contribution is -2.39. The van der Waals surface area contributed by atoms with Gasteiger partial charge in [-0.15, -0.1) is 0 Å². The Balaban J connectivity index is 1.95. The minimum Gasteiger partial charge on any atom is -0.364 e. The second-order valence-electron chi connectivity index (χ2n) is 5.64. The van der Waals surface area contributed by atoms with Crippen LogP contribution in [0.5, 0.6) is 0 Å². The first-order chi connectivity index (χ1) is 9.28. The minimum atomic E-state index is -4.35. The second kappa shape index (κ2) is 5.69. The highest BCUT2D eigenvalue weighted by molar-refractivity contribution is 5.00. The zero-order valence-corrected chi connectivity index (χ0v) is 11.5. The molecule has 20 heavy (non-hydrogen) atoms. The van der Waals surface area contributed by atoms with E-state index < -0.39 is 12.8 Å². The summed E-state index contributed by atoms with van der Waals surface area (Å²) in [5.74, 6) is 0.535. The summed E-state index contributed by atoms with van der Waals surface area (Å²) < 4.78 is 45.5. The molecule has 0 aromatic carbocycles. The number of alkyl halides is 3. The Morgan fingerprint density at radius 2 is 2.20 bits per heavy atom. The fourth-order valence-electron chi connectivity index (χ4n) is 2.33. The number of hydrogen-bond donors (Lipinski definition) is 1. The normalized spacial score (nSPS) is 22.9. The summed E-state index contributed by atoms with van der Waals surface area (Å²) in [6.07, 6.45) is -2.26. The molecule has 1 saturated heterocycles. The first-order valence-corrected chi connectivity index (χ1v) is 6.48. The molecule has 0 aliphatic carbocycles. The smallest absolute Gasteiger partial charge is 0.364 e. The van der Waals surface area contributed by atoms with Crippen molar-refractivity contribution < 1.29 is 22.4 Å². The highest BCUT2D eigenvalue weighted by Crippen LogP contribution is 2.39. The molecule has 8 heteroatoms. The maximum Gasteiger partial charge on any atom is 0.411 e. The zero-order valence-electron chi connectivity index (χ0n) is 11.5. The summed E-state index contributed by atoms with van der Waals surface area (Å²) in [6, 6.07) is -0.0832. The van der Waals surface area contributed by atoms with Gasteiger partial charge in [-0.05, 0) is 24.8 Å². The fraction of sp³-hybridized carbons (Fsp3) is 0.833. The van der Waals surface area contributed by atoms with Gasteiger partial charge in [0.25, 0.3) is 0 Å². The van der Waals surface area contributed by atoms with Crippen LogP contribution in [-0.2, 0) is 11.3 Å². The Kier molecular flexibility index (Phi) is 4.33. The predicted octanol–water partition coefficient (Wildman–Crippen LogP) is 2.60. The zero-order chi connectivity index (χ0) is 14.8. The van der Waals surface area contributed by atoms with Gasteiger partial charge in [-0.1, -0.05) is 19.0 Å². The Morgan fingerprint density at radius 1 is 1.45 bits per heavy atom. The molecule has 1 N–H and O–H groups in total. The summed E-state index contributed by atoms with van der Waals surface area (Å²) in [4.78, 5) is 4.12. The van der Waals surface area contributed by atoms with Crippen LogP contribution in [0.4, 0.5) is 13.2 Å². The van der Waals surface area contributed by atoms with E-state index in [-0.39, 0.29) is 23.9 Å². The number of aromatic nitrogens is 2. The van der Waals surface area contributed by atoms with Crippen molar-refractivity contribution in [2.45, 2.75) is 45.5 Å². The van der Waals surface area contributed by atoms with E-state index in [1.54, 1.807) is 0 Å². The summed E-state index contributed by atoms with van der Waals surface area (Å²) in [7, 11) is 0. The van der Waals surface area contributed by atoms with Gasteiger partial charge in [0.1, 0.15) is 13.2 Å². The van der Waals surface area contributed by atoms with E-state index in [9.17, 15) is 13.2 Å². The van der Waals surface area contributed by atoms with Crippen molar-refractivity contribution in [2.24, 2.45) is 5.41 Å². The van der Waals surface area contributed by atoms with Crippen LogP contribution in [0, 0.1) is 5.41 Å². The molecule has 114 valence electrons. The van der Waals surface area contributed by atoms with Gasteiger partial charge >= 0.3 is 6.18 Å². The van der Waals surface area contributed by atoms with Crippen LogP contribution in [0.25, 0.3) is 0 Å². The van der Waals surface area contributed by atoms with Crippen LogP contribution in [0.1, 0.15) is 44.4 Å². The quantitative estimate of drug-likeness (QED) is 0.924. The lowest BCUT2D eigenvalue weighted by atomic mass is 9.77. The van der Waals surface area contributed by atoms with Crippen molar-refractivity contribution in [2.75, 3.05) is 13.2 Å². The van der Waals surface area contributed by atoms with Crippen molar-refractivity contribution in [3.05, 3.63) is 11.7 Å². The molecule has 0 bridgehead atoms. The minimum absolute atomic E-state index is 0.0329. The lowest BCUT2D eigenvalue weighted by molar-refractivity contribution is -0.177. The molecule has 1 aromatic heterocycles. The topological polar surface area (TPSA) is 60.2 Å². The van der Waals surface area contributed by atoms with Gasteiger partial charge in [-0.2, -0.15) is 18.2 Å². The third-order valence-electron chi connectivity index (χ3n) is 3.36. The van der Waals surface area contributed by atoms with Gasteiger partial charge < -0.3 is 14.6 Å². The second-order valence-corrected chi connectivity index (χ2v) is 5.64. The van der Waals surface area contributed by atoms with E-state index in [0.717, 1.165) is 19.4 Å². The third-order valence-corrected chi connectivity index (χ3v) is 3.36. The largest absolute Gasteiger partial charge is 0.411 e. The summed E-state index contributed by atoms with van der Waals surface area (Å²) in [5, 5.41) is 6.96. The maximum absolute atomic E-state index is 12.0. The number of halogens is 3. The molecule has 1 aliphatic heterocycles. The molecule has 1 atom stereocenters. The maximum atomic E-state index is 12.0. The summed E-state index contributed by atoms with van der Waals surface area (Å²) >= 11 is 0. The molecule has 2 heterocycles. The molecule has 1 fully saturated rings. The Labute approximate surface area is 114 Å². The molecule has 5 nitrogen and oxygen atoms in total. The third kappa shape index (κ3) is 3.92. The molecule has 2 rings (SSSR count). The van der Waals surface area contributed by atoms with Crippen molar-refractivity contribution in [3.63, 3.8) is 0 Å². The van der Waals surface area contributed by atoms with E-state index in [0.29, 0.717) is 5.89 Å². The molecule has 1 unspecified atom stereocenters. The van der Waals surface area contributed by atoms with Crippen molar-refractivity contribution in [1.82, 2.24) is 15.5 Å². The average Bonchev–Trinajstić information content (AvgIpc) is 2.75. The van der Waals surface area contributed by atoms with E-state index in [1.165, 1.54) is 0 Å². The SMILES string of the molecule is CC1(C)CCCNC1c1nc(COCC(F)(F)F)no1. The highest BCUT2D eigenvalue weighted by Gasteiger charge is 2.37. The molecule has 1 aliphatic rings. The highest BCUT2D eigenvalue weighted by atomic mass is 19.4. The molecule has 0 saturated carbocycles. The number of nitrogens with zero attached hydrogens (tertiary/aromatic N) is 2. The molecular formula is C12H18F3N3O2. The van der Waals surface area contributed by atoms with Crippen molar-refractivity contribution in [3.8, 4) is 0 Å². The van der Waals surface area contributed by atoms with Gasteiger partial charge in [0.15, 0.2) is 5.82 Å². The Hall–Kier alpha value is -1.15. The average molecular weight is 293 g/mol. The van der Waals surface area contributed by atoms with E-state index >= 15 is 0 Å². The van der Waals surface area contributed by atoms with E-state index in [2.05, 4.69) is 34.0 Å². The Bertz CT molecular complexity index is 445. The van der Waals surface area contributed by atoms with Crippen LogP contribution < -0.4 is 5.32 Å². The van der Waals surface area contributed by atoms with Gasteiger partial charge in [0.05, 0.1) is 6.04 Å². The van der Waals surface area contributed by atoms with Gasteiger partial charge in [-0.3, -0.25) is 0 Å². The first kappa shape index (κ1) is 15.2. The van der Waals surface area contributed by atoms with E-state index in [1.807, 2.05) is 0 Å². The van der Waals surface area contributed by atoms with E-state index in [4.69, 9.17) is 4.52 Å². The number of ether oxygens (including phenoxy) is 1. The fourth-order valence-corrected chi connectivity index (χ4v) is 2.33. The van der Waals surface area contributed by atoms with Crippen LogP contribution >= 0.6 is 0 Å². The predicted molar refractivity (Wildman–Crippen MR) is 63.8 cm³/mol. The first-order valence-electron chi connectivity index (χ1n) is 6.48. The monoisotopic (exact) mass is 293 g/mol. The molecule has 0 amide bonds. The molecular weight excluding hydrogens is 275 g/mol. The van der Waals surface area contributed by atoms with Crippen LogP contribution in [0.2, 0.25) is 0 Å². The standard InChI is InChI=1S/C12H18F3N3O2/c1-11(2)4-3-5-16-9(11)10-17-8(18-20-10)6-19-7-12(13,14)15/h9,16H,3-7H2,1-2H3. The van der Waals surface area contributed by atoms with Gasteiger partial charge in [0, 0.05) is 0 Å². The molecule has 0 spiro atoms. The van der Waals surface area contributed by atoms with Crippen molar-refractivity contribution in [1.29, 1.82) is 0 Å². The lowest BCUT2D eigenvalue weighted by Gasteiger charge is -2.36. The van der Waals surface area contributed by atoms with Gasteiger partial charge in [-0.25, -0.2) is 0 Å².